The van der Waals surface area contributed by atoms with Crippen LogP contribution in [0.15, 0.2) is 17.1 Å². The van der Waals surface area contributed by atoms with Gasteiger partial charge in [0.1, 0.15) is 36.3 Å². The fraction of sp³-hybridized carbons (Fsp3) is 0.700. The average molecular weight is 631 g/mol. The zero-order valence-electron chi connectivity index (χ0n) is 21.9. The summed E-state index contributed by atoms with van der Waals surface area (Å²) in [6.45, 7) is -2.76. The van der Waals surface area contributed by atoms with Crippen LogP contribution >= 0.6 is 7.82 Å². The van der Waals surface area contributed by atoms with Crippen LogP contribution in [-0.2, 0) is 32.7 Å². The normalized spacial score (nSPS) is 27.7. The van der Waals surface area contributed by atoms with Gasteiger partial charge >= 0.3 is 19.5 Å². The van der Waals surface area contributed by atoms with Crippen LogP contribution in [0.25, 0.3) is 0 Å². The van der Waals surface area contributed by atoms with E-state index in [1.165, 1.54) is 0 Å². The smallest absolute Gasteiger partial charge is 0.475 e. The van der Waals surface area contributed by atoms with E-state index in [1.807, 2.05) is 0 Å². The highest BCUT2D eigenvalue weighted by Crippen LogP contribution is 2.51. The Morgan fingerprint density at radius 2 is 1.98 bits per heavy atom. The molecule has 21 nitrogen and oxygen atoms in total. The molecule has 22 heteroatoms. The Kier molecular flexibility index (Phi) is 12.5. The Labute approximate surface area is 236 Å². The lowest BCUT2D eigenvalue weighted by atomic mass is 9.88. The van der Waals surface area contributed by atoms with Crippen molar-refractivity contribution in [3.8, 4) is 0 Å². The van der Waals surface area contributed by atoms with Crippen LogP contribution in [0.2, 0.25) is 0 Å². The number of phosphoric ester groups is 1. The summed E-state index contributed by atoms with van der Waals surface area (Å²) in [5.74, 6) is -6.45. The number of nitrogens with two attached hydrogens (primary N) is 2. The van der Waals surface area contributed by atoms with E-state index in [2.05, 4.69) is 10.3 Å². The van der Waals surface area contributed by atoms with Crippen molar-refractivity contribution in [1.29, 1.82) is 0 Å². The van der Waals surface area contributed by atoms with E-state index in [4.69, 9.17) is 30.0 Å². The van der Waals surface area contributed by atoms with Gasteiger partial charge in [-0.15, -0.1) is 0 Å². The number of rotatable bonds is 15. The van der Waals surface area contributed by atoms with E-state index in [9.17, 15) is 59.6 Å². The van der Waals surface area contributed by atoms with Crippen molar-refractivity contribution in [2.45, 2.75) is 61.1 Å². The summed E-state index contributed by atoms with van der Waals surface area (Å²) >= 11 is 0. The van der Waals surface area contributed by atoms with E-state index in [0.717, 1.165) is 19.4 Å². The van der Waals surface area contributed by atoms with Gasteiger partial charge in [0, 0.05) is 19.7 Å². The van der Waals surface area contributed by atoms with Crippen LogP contribution in [0.4, 0.5) is 5.82 Å². The molecular weight excluding hydrogens is 597 g/mol. The molecule has 2 heterocycles. The molecule has 1 aromatic heterocycles. The summed E-state index contributed by atoms with van der Waals surface area (Å²) in [4.78, 5) is 49.7. The number of carboxylic acids is 1. The first-order valence-electron chi connectivity index (χ1n) is 12.0. The number of nitrogens with zero attached hydrogens (tertiary/aromatic N) is 2. The van der Waals surface area contributed by atoms with Gasteiger partial charge in [0.15, 0.2) is 6.23 Å². The molecule has 1 aliphatic rings. The highest BCUT2D eigenvalue weighted by atomic mass is 31.2. The number of amides is 1. The third-order valence-corrected chi connectivity index (χ3v) is 7.12. The lowest BCUT2D eigenvalue weighted by molar-refractivity contribution is -0.289. The first-order valence-corrected chi connectivity index (χ1v) is 13.5. The molecule has 1 amide bonds. The van der Waals surface area contributed by atoms with Crippen LogP contribution < -0.4 is 22.5 Å². The Balaban J connectivity index is 2.28. The van der Waals surface area contributed by atoms with Crippen molar-refractivity contribution in [2.75, 3.05) is 32.6 Å². The lowest BCUT2D eigenvalue weighted by Crippen LogP contribution is -2.68. The molecule has 2 rings (SSSR count). The van der Waals surface area contributed by atoms with Gasteiger partial charge in [-0.25, -0.2) is 18.7 Å². The number of anilines is 1. The monoisotopic (exact) mass is 631 g/mol. The maximum atomic E-state index is 12.8. The Hall–Kier alpha value is -2.63. The summed E-state index contributed by atoms with van der Waals surface area (Å²) in [6, 6.07) is -0.515. The van der Waals surface area contributed by atoms with Crippen LogP contribution in [0.3, 0.4) is 0 Å². The Morgan fingerprint density at radius 1 is 1.33 bits per heavy atom. The Morgan fingerprint density at radius 3 is 2.50 bits per heavy atom. The second-order valence-electron chi connectivity index (χ2n) is 9.03. The topological polar surface area (TPSA) is 349 Å². The molecule has 0 saturated carbocycles. The van der Waals surface area contributed by atoms with Gasteiger partial charge in [0.05, 0.1) is 31.9 Å². The predicted octanol–water partition coefficient (Wildman–Crippen LogP) is -6.09. The molecule has 10 atom stereocenters. The van der Waals surface area contributed by atoms with E-state index >= 15 is 0 Å². The fourth-order valence-electron chi connectivity index (χ4n) is 3.90. The number of ether oxygens (including phenoxy) is 2. The summed E-state index contributed by atoms with van der Waals surface area (Å²) in [5.41, 5.74) is 9.53. The van der Waals surface area contributed by atoms with Crippen LogP contribution in [0, 0.1) is 0 Å². The third-order valence-electron chi connectivity index (χ3n) is 6.12. The molecule has 13 N–H and O–H groups in total. The SMILES string of the molecule is CO[C@H](COP(=O)(O)OC1(C(=O)O)CC(O)C(NC(=O)CN)C(C(O)[C@H](O)CO)O1)C(O)[C@H](O)n1ccc(N)nc1=O. The fourth-order valence-corrected chi connectivity index (χ4v) is 4.86. The number of nitrogen functional groups attached to an aromatic ring is 1. The molecule has 240 valence electrons. The highest BCUT2D eigenvalue weighted by molar-refractivity contribution is 7.47. The first kappa shape index (κ1) is 35.6. The van der Waals surface area contributed by atoms with Crippen molar-refractivity contribution < 1.29 is 73.3 Å². The minimum absolute atomic E-state index is 0.181. The minimum Gasteiger partial charge on any atom is -0.477 e. The van der Waals surface area contributed by atoms with Gasteiger partial charge in [0.2, 0.25) is 5.91 Å². The van der Waals surface area contributed by atoms with Crippen molar-refractivity contribution in [3.05, 3.63) is 22.7 Å². The number of aromatic nitrogens is 2. The molecule has 1 saturated heterocycles. The first-order chi connectivity index (χ1) is 19.5. The number of carboxylic acid groups (broad SMARTS) is 1. The number of carbonyl (C=O) groups is 2. The van der Waals surface area contributed by atoms with Gasteiger partial charge in [-0.1, -0.05) is 0 Å². The second-order valence-corrected chi connectivity index (χ2v) is 10.4. The molecule has 0 spiro atoms. The average Bonchev–Trinajstić information content (AvgIpc) is 2.92. The van der Waals surface area contributed by atoms with Crippen molar-refractivity contribution in [2.24, 2.45) is 5.73 Å². The quantitative estimate of drug-likeness (QED) is 0.0802. The zero-order chi connectivity index (χ0) is 32.0. The molecule has 0 aliphatic carbocycles. The highest BCUT2D eigenvalue weighted by Gasteiger charge is 2.58. The number of aliphatic hydroxyl groups is 6. The molecule has 0 radical (unpaired) electrons. The van der Waals surface area contributed by atoms with E-state index in [1.54, 1.807) is 0 Å². The molecule has 1 aromatic rings. The van der Waals surface area contributed by atoms with Gasteiger partial charge in [-0.2, -0.15) is 4.98 Å². The number of methoxy groups -OCH3 is 1. The number of carbonyl (C=O) groups excluding carboxylic acids is 1. The summed E-state index contributed by atoms with van der Waals surface area (Å²) in [6.07, 6.45) is -14.0. The van der Waals surface area contributed by atoms with Gasteiger partial charge in [-0.3, -0.25) is 13.9 Å². The second kappa shape index (κ2) is 14.7. The summed E-state index contributed by atoms with van der Waals surface area (Å²) in [5, 5.41) is 73.0. The Bertz CT molecular complexity index is 1190. The number of hydrogen-bond acceptors (Lipinski definition) is 17. The summed E-state index contributed by atoms with van der Waals surface area (Å²) in [7, 11) is -4.57. The van der Waals surface area contributed by atoms with E-state index < -0.39 is 106 Å². The number of nitrogens with one attached hydrogen (secondary N) is 1. The van der Waals surface area contributed by atoms with Gasteiger partial charge in [-0.05, 0) is 6.07 Å². The maximum Gasteiger partial charge on any atom is 0.475 e. The number of hydrogen-bond donors (Lipinski definition) is 11. The maximum absolute atomic E-state index is 12.8. The molecule has 0 bridgehead atoms. The molecule has 1 aliphatic heterocycles. The molecule has 0 aromatic carbocycles. The number of aliphatic carboxylic acids is 1. The number of phosphoric acid groups is 1. The predicted molar refractivity (Wildman–Crippen MR) is 134 cm³/mol. The van der Waals surface area contributed by atoms with Gasteiger partial charge < -0.3 is 66.9 Å². The molecular formula is C20H34N5O16P. The minimum atomic E-state index is -5.56. The lowest BCUT2D eigenvalue weighted by Gasteiger charge is -2.46. The zero-order valence-corrected chi connectivity index (χ0v) is 22.8. The largest absolute Gasteiger partial charge is 0.477 e. The van der Waals surface area contributed by atoms with Crippen molar-refractivity contribution in [1.82, 2.24) is 14.9 Å². The molecule has 42 heavy (non-hydrogen) atoms. The summed E-state index contributed by atoms with van der Waals surface area (Å²) < 4.78 is 33.0. The van der Waals surface area contributed by atoms with E-state index in [-0.39, 0.29) is 5.82 Å². The van der Waals surface area contributed by atoms with Crippen molar-refractivity contribution >= 4 is 25.5 Å². The molecule has 1 fully saturated rings. The van der Waals surface area contributed by atoms with Crippen LogP contribution in [-0.4, -0.2) is 137 Å². The van der Waals surface area contributed by atoms with Gasteiger partial charge in [0.25, 0.3) is 5.79 Å². The standard InChI is InChI=1S/C20H34N5O16P/c1-38-10(15(31)17(32)25-3-2-11(22)23-19(25)35)7-39-42(36,37)41-20(18(33)34)4-8(27)13(24-12(29)5-21)16(40-20)14(30)9(28)6-26/h2-3,8-10,13-17,26-28,30-32H,4-7,21H2,1H3,(H,24,29)(H,33,34)(H,36,37)(H2,22,23,35)/t8?,9-,10-,13?,14?,15?,16?,17+,20?/m1/s1. The van der Waals surface area contributed by atoms with E-state index in [0.29, 0.717) is 4.57 Å². The van der Waals surface area contributed by atoms with Crippen molar-refractivity contribution in [3.63, 3.8) is 0 Å². The third kappa shape index (κ3) is 8.48. The number of aliphatic hydroxyl groups excluding tert-OH is 6. The molecule has 7 unspecified atom stereocenters. The van der Waals surface area contributed by atoms with Crippen LogP contribution in [0.5, 0.6) is 0 Å². The van der Waals surface area contributed by atoms with Crippen LogP contribution in [0.1, 0.15) is 12.6 Å².